The summed E-state index contributed by atoms with van der Waals surface area (Å²) in [6.07, 6.45) is 9.33. The maximum atomic E-state index is 5.93. The molecule has 0 aliphatic carbocycles. The molecule has 0 spiro atoms. The van der Waals surface area contributed by atoms with Crippen LogP contribution in [0.3, 0.4) is 0 Å². The molecular weight excluding hydrogens is 429 g/mol. The average molecular weight is 467 g/mol. The number of rotatable bonds is 8. The van der Waals surface area contributed by atoms with Crippen molar-refractivity contribution in [1.29, 1.82) is 0 Å². The van der Waals surface area contributed by atoms with Crippen LogP contribution >= 0.6 is 24.0 Å². The van der Waals surface area contributed by atoms with Crippen molar-refractivity contribution in [3.05, 3.63) is 0 Å². The van der Waals surface area contributed by atoms with Crippen LogP contribution in [0.2, 0.25) is 0 Å². The minimum Gasteiger partial charge on any atom is -0.375 e. The number of nitrogens with zero attached hydrogens (tertiary/aromatic N) is 2. The Morgan fingerprint density at radius 3 is 2.56 bits per heavy atom. The Labute approximate surface area is 171 Å². The predicted octanol–water partition coefficient (Wildman–Crippen LogP) is 3.67. The van der Waals surface area contributed by atoms with Gasteiger partial charge in [0.15, 0.2) is 5.96 Å². The van der Waals surface area contributed by atoms with Gasteiger partial charge in [-0.05, 0) is 25.2 Å². The highest BCUT2D eigenvalue weighted by Gasteiger charge is 2.32. The van der Waals surface area contributed by atoms with Crippen molar-refractivity contribution >= 4 is 29.9 Å². The van der Waals surface area contributed by atoms with Crippen molar-refractivity contribution in [2.45, 2.75) is 71.0 Å². The molecule has 2 fully saturated rings. The second-order valence-corrected chi connectivity index (χ2v) is 7.48. The number of ether oxygens (including phenoxy) is 2. The largest absolute Gasteiger partial charge is 0.375 e. The lowest BCUT2D eigenvalue weighted by Gasteiger charge is -2.37. The second-order valence-electron chi connectivity index (χ2n) is 7.48. The number of aliphatic imine (C=N–C) groups is 1. The summed E-state index contributed by atoms with van der Waals surface area (Å²) in [4.78, 5) is 6.79. The summed E-state index contributed by atoms with van der Waals surface area (Å²) in [5, 5.41) is 3.53. The third-order valence-corrected chi connectivity index (χ3v) is 4.98. The molecule has 0 bridgehead atoms. The third kappa shape index (κ3) is 8.43. The zero-order valence-corrected chi connectivity index (χ0v) is 18.7. The SMILES string of the molecule is CN=C(NCCCCCCC(C)C)N1CCOC(C2CCCO2)C1.I. The number of unbranched alkanes of at least 4 members (excludes halogenated alkanes) is 3. The third-order valence-electron chi connectivity index (χ3n) is 4.98. The van der Waals surface area contributed by atoms with Crippen molar-refractivity contribution in [2.75, 3.05) is 39.9 Å². The highest BCUT2D eigenvalue weighted by molar-refractivity contribution is 14.0. The van der Waals surface area contributed by atoms with Crippen molar-refractivity contribution in [1.82, 2.24) is 10.2 Å². The first-order valence-corrected chi connectivity index (χ1v) is 9.89. The zero-order valence-electron chi connectivity index (χ0n) is 16.3. The van der Waals surface area contributed by atoms with Crippen LogP contribution in [-0.2, 0) is 9.47 Å². The lowest BCUT2D eigenvalue weighted by molar-refractivity contribution is -0.0816. The molecule has 0 aromatic carbocycles. The van der Waals surface area contributed by atoms with Gasteiger partial charge in [-0.1, -0.05) is 39.5 Å². The fourth-order valence-electron chi connectivity index (χ4n) is 3.55. The maximum Gasteiger partial charge on any atom is 0.193 e. The fourth-order valence-corrected chi connectivity index (χ4v) is 3.55. The van der Waals surface area contributed by atoms with Crippen LogP contribution in [0.25, 0.3) is 0 Å². The van der Waals surface area contributed by atoms with Crippen LogP contribution in [0, 0.1) is 5.92 Å². The van der Waals surface area contributed by atoms with Crippen LogP contribution < -0.4 is 5.32 Å². The van der Waals surface area contributed by atoms with Gasteiger partial charge in [-0.3, -0.25) is 4.99 Å². The Bertz CT molecular complexity index is 374. The van der Waals surface area contributed by atoms with Crippen molar-refractivity contribution in [3.63, 3.8) is 0 Å². The van der Waals surface area contributed by atoms with Gasteiger partial charge in [0.25, 0.3) is 0 Å². The van der Waals surface area contributed by atoms with Crippen molar-refractivity contribution < 1.29 is 9.47 Å². The van der Waals surface area contributed by atoms with E-state index in [1.165, 1.54) is 32.1 Å². The van der Waals surface area contributed by atoms with E-state index in [1.54, 1.807) is 0 Å². The number of hydrogen-bond acceptors (Lipinski definition) is 3. The minimum absolute atomic E-state index is 0. The molecule has 148 valence electrons. The van der Waals surface area contributed by atoms with E-state index in [0.717, 1.165) is 57.6 Å². The second kappa shape index (κ2) is 13.1. The Balaban J connectivity index is 0.00000312. The van der Waals surface area contributed by atoms with Gasteiger partial charge < -0.3 is 19.7 Å². The Hall–Kier alpha value is -0.0800. The molecule has 2 atom stereocenters. The Morgan fingerprint density at radius 1 is 1.12 bits per heavy atom. The smallest absolute Gasteiger partial charge is 0.193 e. The molecule has 2 aliphatic rings. The fraction of sp³-hybridized carbons (Fsp3) is 0.947. The molecule has 0 aromatic heterocycles. The predicted molar refractivity (Wildman–Crippen MR) is 115 cm³/mol. The van der Waals surface area contributed by atoms with Crippen LogP contribution in [-0.4, -0.2) is 63.0 Å². The van der Waals surface area contributed by atoms with Gasteiger partial charge in [0.05, 0.1) is 12.7 Å². The zero-order chi connectivity index (χ0) is 17.2. The molecule has 6 heteroatoms. The van der Waals surface area contributed by atoms with Crippen LogP contribution in [0.4, 0.5) is 0 Å². The molecule has 0 aromatic rings. The lowest BCUT2D eigenvalue weighted by atomic mass is 10.0. The van der Waals surface area contributed by atoms with Gasteiger partial charge in [0, 0.05) is 33.3 Å². The summed E-state index contributed by atoms with van der Waals surface area (Å²) >= 11 is 0. The molecule has 1 N–H and O–H groups in total. The normalized spacial score (nSPS) is 24.5. The maximum absolute atomic E-state index is 5.93. The summed E-state index contributed by atoms with van der Waals surface area (Å²) in [6.45, 7) is 9.07. The van der Waals surface area contributed by atoms with Gasteiger partial charge in [0.1, 0.15) is 6.10 Å². The summed E-state index contributed by atoms with van der Waals surface area (Å²) < 4.78 is 11.7. The molecule has 5 nitrogen and oxygen atoms in total. The van der Waals surface area contributed by atoms with E-state index in [1.807, 2.05) is 7.05 Å². The van der Waals surface area contributed by atoms with Crippen molar-refractivity contribution in [2.24, 2.45) is 10.9 Å². The van der Waals surface area contributed by atoms with E-state index in [-0.39, 0.29) is 36.2 Å². The summed E-state index contributed by atoms with van der Waals surface area (Å²) in [5.41, 5.74) is 0. The number of hydrogen-bond donors (Lipinski definition) is 1. The number of guanidine groups is 1. The van der Waals surface area contributed by atoms with Crippen LogP contribution in [0.5, 0.6) is 0 Å². The summed E-state index contributed by atoms with van der Waals surface area (Å²) in [6, 6.07) is 0. The van der Waals surface area contributed by atoms with Crippen LogP contribution in [0.1, 0.15) is 58.8 Å². The average Bonchev–Trinajstić information content (AvgIpc) is 3.12. The standard InChI is InChI=1S/C19H37N3O2.HI/c1-16(2)9-6-4-5-7-11-21-19(20-3)22-12-14-24-18(15-22)17-10-8-13-23-17;/h16-18H,4-15H2,1-3H3,(H,20,21);1H. The lowest BCUT2D eigenvalue weighted by Crippen LogP contribution is -2.53. The first kappa shape index (κ1) is 23.0. The number of nitrogens with one attached hydrogen (secondary N) is 1. The molecular formula is C19H38IN3O2. The molecule has 25 heavy (non-hydrogen) atoms. The topological polar surface area (TPSA) is 46.1 Å². The highest BCUT2D eigenvalue weighted by Crippen LogP contribution is 2.21. The number of morpholine rings is 1. The Morgan fingerprint density at radius 2 is 1.88 bits per heavy atom. The minimum atomic E-state index is 0. The quantitative estimate of drug-likeness (QED) is 0.256. The van der Waals surface area contributed by atoms with Gasteiger partial charge >= 0.3 is 0 Å². The van der Waals surface area contributed by atoms with Gasteiger partial charge in [-0.2, -0.15) is 0 Å². The highest BCUT2D eigenvalue weighted by atomic mass is 127. The number of halogens is 1. The van der Waals surface area contributed by atoms with Gasteiger partial charge in [-0.25, -0.2) is 0 Å². The summed E-state index contributed by atoms with van der Waals surface area (Å²) in [5.74, 6) is 1.85. The van der Waals surface area contributed by atoms with E-state index in [4.69, 9.17) is 9.47 Å². The Kier molecular flexibility index (Phi) is 12.1. The molecule has 2 aliphatic heterocycles. The molecule has 2 heterocycles. The first-order chi connectivity index (χ1) is 11.7. The van der Waals surface area contributed by atoms with E-state index >= 15 is 0 Å². The molecule has 2 saturated heterocycles. The van der Waals surface area contributed by atoms with Crippen LogP contribution in [0.15, 0.2) is 4.99 Å². The molecule has 0 saturated carbocycles. The summed E-state index contributed by atoms with van der Waals surface area (Å²) in [7, 11) is 1.88. The molecule has 2 rings (SSSR count). The van der Waals surface area contributed by atoms with E-state index in [2.05, 4.69) is 29.1 Å². The first-order valence-electron chi connectivity index (χ1n) is 9.89. The van der Waals surface area contributed by atoms with E-state index in [0.29, 0.717) is 0 Å². The molecule has 2 unspecified atom stereocenters. The van der Waals surface area contributed by atoms with Gasteiger partial charge in [0.2, 0.25) is 0 Å². The monoisotopic (exact) mass is 467 g/mol. The van der Waals surface area contributed by atoms with Gasteiger partial charge in [-0.15, -0.1) is 24.0 Å². The molecule has 0 radical (unpaired) electrons. The molecule has 0 amide bonds. The van der Waals surface area contributed by atoms with E-state index < -0.39 is 0 Å². The van der Waals surface area contributed by atoms with Crippen molar-refractivity contribution in [3.8, 4) is 0 Å². The van der Waals surface area contributed by atoms with E-state index in [9.17, 15) is 0 Å².